The molecule has 116 valence electrons. The first-order chi connectivity index (χ1) is 10.5. The number of amides is 1. The molecule has 2 rings (SSSR count). The minimum absolute atomic E-state index is 0.0285. The molecule has 2 aromatic carbocycles. The Labute approximate surface area is 129 Å². The van der Waals surface area contributed by atoms with Crippen molar-refractivity contribution in [3.8, 4) is 11.5 Å². The molecule has 0 heterocycles. The van der Waals surface area contributed by atoms with Crippen LogP contribution in [-0.4, -0.2) is 25.3 Å². The van der Waals surface area contributed by atoms with Crippen molar-refractivity contribution < 1.29 is 26.2 Å². The van der Waals surface area contributed by atoms with E-state index in [0.29, 0.717) is 5.75 Å². The van der Waals surface area contributed by atoms with Crippen LogP contribution >= 0.6 is 0 Å². The van der Waals surface area contributed by atoms with Crippen LogP contribution in [0.3, 0.4) is 0 Å². The molecule has 0 saturated carbocycles. The van der Waals surface area contributed by atoms with Crippen LogP contribution in [0.4, 0.5) is 0 Å². The van der Waals surface area contributed by atoms with E-state index in [1.54, 1.807) is 42.5 Å². The first-order valence-electron chi connectivity index (χ1n) is 6.26. The van der Waals surface area contributed by atoms with Gasteiger partial charge in [0, 0.05) is 0 Å². The Morgan fingerprint density at radius 3 is 2.36 bits per heavy atom. The third-order valence-corrected chi connectivity index (χ3v) is 5.71. The second-order valence-electron chi connectivity index (χ2n) is 4.21. The molecule has 0 aromatic heterocycles. The molecule has 22 heavy (non-hydrogen) atoms. The number of ether oxygens (including phenoxy) is 1. The quantitative estimate of drug-likeness (QED) is 0.458. The topological polar surface area (TPSA) is 94.1 Å². The van der Waals surface area contributed by atoms with Gasteiger partial charge in [-0.05, 0) is 0 Å². The van der Waals surface area contributed by atoms with Crippen molar-refractivity contribution in [2.24, 2.45) is 0 Å². The normalized spacial score (nSPS) is 13.2. The number of hydrogen-bond donors (Lipinski definition) is 2. The van der Waals surface area contributed by atoms with Gasteiger partial charge in [-0.3, -0.25) is 0 Å². The van der Waals surface area contributed by atoms with Gasteiger partial charge in [0.05, 0.1) is 0 Å². The monoisotopic (exact) mass is 367 g/mol. The molecule has 0 fully saturated rings. The van der Waals surface area contributed by atoms with Gasteiger partial charge in [-0.2, -0.15) is 0 Å². The van der Waals surface area contributed by atoms with Gasteiger partial charge in [-0.25, -0.2) is 0 Å². The fraction of sp³-hybridized carbons (Fsp3) is 0.0714. The maximum absolute atomic E-state index is 12.6. The van der Waals surface area contributed by atoms with Gasteiger partial charge < -0.3 is 0 Å². The van der Waals surface area contributed by atoms with Crippen molar-refractivity contribution >= 4 is 24.4 Å². The van der Waals surface area contributed by atoms with Crippen LogP contribution in [0.25, 0.3) is 0 Å². The molecule has 8 heteroatoms. The first kappa shape index (κ1) is 16.3. The van der Waals surface area contributed by atoms with Crippen molar-refractivity contribution in [3.05, 3.63) is 54.6 Å². The van der Waals surface area contributed by atoms with Gasteiger partial charge in [-0.1, -0.05) is 0 Å². The average Bonchev–Trinajstić information content (AvgIpc) is 2.54. The van der Waals surface area contributed by atoms with Crippen molar-refractivity contribution in [1.82, 2.24) is 5.48 Å². The van der Waals surface area contributed by atoms with Gasteiger partial charge in [-0.15, -0.1) is 0 Å². The first-order valence-corrected chi connectivity index (χ1v) is 9.50. The number of rotatable bonds is 6. The standard InChI is InChI=1S/C14H14AsNO6/c1-11(17)16-21-15(18,22-19)13-9-5-6-10-14(13)20-12-7-3-2-4-8-12/h2-10,19H,1H3,(H,16,17). The average molecular weight is 367 g/mol. The summed E-state index contributed by atoms with van der Waals surface area (Å²) in [6.07, 6.45) is 0. The number of hydroxylamine groups is 1. The van der Waals surface area contributed by atoms with Gasteiger partial charge in [0.1, 0.15) is 0 Å². The molecule has 1 amide bonds. The molecule has 0 bridgehead atoms. The molecule has 0 aliphatic carbocycles. The van der Waals surface area contributed by atoms with E-state index in [1.807, 2.05) is 11.5 Å². The van der Waals surface area contributed by atoms with E-state index in [2.05, 4.69) is 3.88 Å². The zero-order chi connectivity index (χ0) is 16.0. The summed E-state index contributed by atoms with van der Waals surface area (Å²) in [6.45, 7) is 1.17. The molecule has 2 N–H and O–H groups in total. The Hall–Kier alpha value is -2.05. The van der Waals surface area contributed by atoms with Crippen LogP contribution in [-0.2, 0) is 16.2 Å². The molecule has 0 aliphatic heterocycles. The van der Waals surface area contributed by atoms with Gasteiger partial charge in [0.25, 0.3) is 0 Å². The SMILES string of the molecule is CC(=O)NO[As](=O)(OO)c1ccccc1Oc1ccccc1. The van der Waals surface area contributed by atoms with Crippen LogP contribution in [0, 0.1) is 0 Å². The molecule has 1 unspecified atom stereocenters. The summed E-state index contributed by atoms with van der Waals surface area (Å²) < 4.78 is 27.0. The third kappa shape index (κ3) is 3.99. The second-order valence-corrected chi connectivity index (χ2v) is 8.04. The summed E-state index contributed by atoms with van der Waals surface area (Å²) in [5, 5.41) is 8.97. The van der Waals surface area contributed by atoms with Gasteiger partial charge >= 0.3 is 129 Å². The fourth-order valence-electron chi connectivity index (χ4n) is 1.62. The molecule has 1 atom stereocenters. The van der Waals surface area contributed by atoms with E-state index >= 15 is 0 Å². The minimum atomic E-state index is -4.90. The van der Waals surface area contributed by atoms with E-state index in [-0.39, 0.29) is 10.1 Å². The van der Waals surface area contributed by atoms with Gasteiger partial charge in [0.15, 0.2) is 0 Å². The molecular formula is C14H14AsNO6. The molecular weight excluding hydrogens is 353 g/mol. The Balaban J connectivity index is 2.33. The Morgan fingerprint density at radius 1 is 1.09 bits per heavy atom. The van der Waals surface area contributed by atoms with Crippen LogP contribution in [0.15, 0.2) is 54.6 Å². The van der Waals surface area contributed by atoms with E-state index in [0.717, 1.165) is 0 Å². The van der Waals surface area contributed by atoms with E-state index in [4.69, 9.17) is 13.8 Å². The predicted octanol–water partition coefficient (Wildman–Crippen LogP) is 1.61. The van der Waals surface area contributed by atoms with Crippen molar-refractivity contribution in [2.75, 3.05) is 0 Å². The third-order valence-electron chi connectivity index (χ3n) is 2.55. The van der Waals surface area contributed by atoms with Crippen LogP contribution in [0.2, 0.25) is 0 Å². The molecule has 0 radical (unpaired) electrons. The maximum atomic E-state index is 12.6. The van der Waals surface area contributed by atoms with Crippen LogP contribution < -0.4 is 14.6 Å². The summed E-state index contributed by atoms with van der Waals surface area (Å²) in [6, 6.07) is 15.0. The molecule has 2 aromatic rings. The summed E-state index contributed by atoms with van der Waals surface area (Å²) in [7, 11) is 0. The van der Waals surface area contributed by atoms with Crippen LogP contribution in [0.5, 0.6) is 11.5 Å². The number of carbonyl (C=O) groups is 1. The number of para-hydroxylation sites is 2. The zero-order valence-electron chi connectivity index (χ0n) is 11.6. The molecule has 0 saturated heterocycles. The van der Waals surface area contributed by atoms with Crippen molar-refractivity contribution in [3.63, 3.8) is 0 Å². The van der Waals surface area contributed by atoms with Gasteiger partial charge in [0.2, 0.25) is 0 Å². The Bertz CT molecular complexity index is 691. The summed E-state index contributed by atoms with van der Waals surface area (Å²) in [4.78, 5) is 10.9. The molecule has 0 aliphatic rings. The second kappa shape index (κ2) is 7.28. The van der Waals surface area contributed by atoms with E-state index < -0.39 is 20.1 Å². The van der Waals surface area contributed by atoms with Crippen LogP contribution in [0.1, 0.15) is 6.92 Å². The predicted molar refractivity (Wildman–Crippen MR) is 77.6 cm³/mol. The zero-order valence-corrected chi connectivity index (χ0v) is 13.5. The number of hydrogen-bond acceptors (Lipinski definition) is 6. The number of nitrogens with one attached hydrogen (secondary N) is 1. The summed E-state index contributed by atoms with van der Waals surface area (Å²) in [5.41, 5.74) is 1.91. The Kier molecular flexibility index (Phi) is 5.40. The van der Waals surface area contributed by atoms with E-state index in [9.17, 15) is 8.53 Å². The van der Waals surface area contributed by atoms with Crippen molar-refractivity contribution in [1.29, 1.82) is 0 Å². The number of benzene rings is 2. The van der Waals surface area contributed by atoms with E-state index in [1.165, 1.54) is 13.0 Å². The summed E-state index contributed by atoms with van der Waals surface area (Å²) in [5.74, 6) is 0.116. The van der Waals surface area contributed by atoms with Crippen molar-refractivity contribution in [2.45, 2.75) is 6.92 Å². The Morgan fingerprint density at radius 2 is 1.73 bits per heavy atom. The molecule has 0 spiro atoms. The number of carbonyl (C=O) groups excluding carboxylic acids is 1. The summed E-state index contributed by atoms with van der Waals surface area (Å²) >= 11 is -4.90. The fourth-order valence-corrected chi connectivity index (χ4v) is 3.98. The molecule has 7 nitrogen and oxygen atoms in total.